The highest BCUT2D eigenvalue weighted by atomic mass is 16.5. The van der Waals surface area contributed by atoms with Crippen molar-refractivity contribution < 1.29 is 9.53 Å². The number of amides is 1. The van der Waals surface area contributed by atoms with E-state index in [4.69, 9.17) is 10.5 Å². The van der Waals surface area contributed by atoms with Crippen molar-refractivity contribution >= 4 is 11.6 Å². The molecule has 1 fully saturated rings. The van der Waals surface area contributed by atoms with E-state index in [1.807, 2.05) is 18.9 Å². The number of rotatable bonds is 4. The lowest BCUT2D eigenvalue weighted by Gasteiger charge is -2.27. The molecule has 2 N–H and O–H groups in total. The molecule has 0 saturated heterocycles. The summed E-state index contributed by atoms with van der Waals surface area (Å²) in [7, 11) is 1.91. The number of benzene rings is 1. The fraction of sp³-hybridized carbons (Fsp3) is 0.588. The predicted octanol–water partition coefficient (Wildman–Crippen LogP) is 3.46. The van der Waals surface area contributed by atoms with Crippen molar-refractivity contribution in [2.24, 2.45) is 0 Å². The Morgan fingerprint density at radius 2 is 1.95 bits per heavy atom. The summed E-state index contributed by atoms with van der Waals surface area (Å²) in [5.41, 5.74) is 7.12. The van der Waals surface area contributed by atoms with Crippen molar-refractivity contribution in [1.29, 1.82) is 0 Å². The molecule has 4 heteroatoms. The molecule has 1 aliphatic carbocycles. The van der Waals surface area contributed by atoms with Crippen LogP contribution in [0.4, 0.5) is 5.69 Å². The van der Waals surface area contributed by atoms with Crippen molar-refractivity contribution in [1.82, 2.24) is 4.90 Å². The minimum absolute atomic E-state index is 0.0525. The van der Waals surface area contributed by atoms with Crippen LogP contribution in [0.25, 0.3) is 0 Å². The summed E-state index contributed by atoms with van der Waals surface area (Å²) in [4.78, 5) is 14.5. The monoisotopic (exact) mass is 290 g/mol. The molecule has 1 aromatic carbocycles. The van der Waals surface area contributed by atoms with Gasteiger partial charge in [-0.3, -0.25) is 4.79 Å². The zero-order valence-corrected chi connectivity index (χ0v) is 13.1. The number of ether oxygens (including phenoxy) is 1. The quantitative estimate of drug-likeness (QED) is 0.682. The van der Waals surface area contributed by atoms with Crippen LogP contribution in [0.1, 0.15) is 55.8 Å². The Hall–Kier alpha value is -1.71. The molecule has 2 rings (SSSR count). The van der Waals surface area contributed by atoms with Crippen LogP contribution in [0.2, 0.25) is 0 Å². The summed E-state index contributed by atoms with van der Waals surface area (Å²) >= 11 is 0. The van der Waals surface area contributed by atoms with Gasteiger partial charge in [-0.15, -0.1) is 0 Å². The van der Waals surface area contributed by atoms with Crippen LogP contribution >= 0.6 is 0 Å². The van der Waals surface area contributed by atoms with E-state index in [1.165, 1.54) is 25.7 Å². The zero-order chi connectivity index (χ0) is 15.2. The number of nitrogens with two attached hydrogens (primary N) is 1. The number of carbonyl (C=O) groups excluding carboxylic acids is 1. The molecule has 0 heterocycles. The summed E-state index contributed by atoms with van der Waals surface area (Å²) in [5, 5.41) is 0. The molecular weight excluding hydrogens is 264 g/mol. The average Bonchev–Trinajstić information content (AvgIpc) is 2.77. The van der Waals surface area contributed by atoms with Crippen molar-refractivity contribution in [3.8, 4) is 5.75 Å². The number of carbonyl (C=O) groups is 1. The highest BCUT2D eigenvalue weighted by molar-refractivity contribution is 5.95. The number of hydrogen-bond donors (Lipinski definition) is 1. The molecular formula is C17H26N2O2. The minimum atomic E-state index is 0.0525. The molecule has 0 atom stereocenters. The third-order valence-corrected chi connectivity index (χ3v) is 4.25. The second-order valence-corrected chi connectivity index (χ2v) is 5.75. The highest BCUT2D eigenvalue weighted by Gasteiger charge is 2.22. The Morgan fingerprint density at radius 1 is 1.29 bits per heavy atom. The first-order valence-electron chi connectivity index (χ1n) is 7.93. The minimum Gasteiger partial charge on any atom is -0.492 e. The Kier molecular flexibility index (Phi) is 5.48. The molecule has 1 aromatic rings. The molecule has 1 aliphatic rings. The van der Waals surface area contributed by atoms with Gasteiger partial charge in [-0.1, -0.05) is 25.7 Å². The van der Waals surface area contributed by atoms with Gasteiger partial charge in [0.2, 0.25) is 0 Å². The molecule has 1 amide bonds. The summed E-state index contributed by atoms with van der Waals surface area (Å²) < 4.78 is 5.41. The van der Waals surface area contributed by atoms with E-state index < -0.39 is 0 Å². The Labute approximate surface area is 127 Å². The fourth-order valence-corrected chi connectivity index (χ4v) is 2.98. The maximum Gasteiger partial charge on any atom is 0.253 e. The van der Waals surface area contributed by atoms with Crippen molar-refractivity contribution in [2.45, 2.75) is 51.5 Å². The number of nitrogens with zero attached hydrogens (tertiary/aromatic N) is 1. The van der Waals surface area contributed by atoms with Crippen LogP contribution in [0.5, 0.6) is 5.75 Å². The molecule has 0 radical (unpaired) electrons. The summed E-state index contributed by atoms with van der Waals surface area (Å²) in [6.45, 7) is 2.48. The summed E-state index contributed by atoms with van der Waals surface area (Å²) in [6.07, 6.45) is 7.22. The predicted molar refractivity (Wildman–Crippen MR) is 85.6 cm³/mol. The maximum atomic E-state index is 12.6. The van der Waals surface area contributed by atoms with E-state index >= 15 is 0 Å². The van der Waals surface area contributed by atoms with Crippen LogP contribution in [0, 0.1) is 0 Å². The zero-order valence-electron chi connectivity index (χ0n) is 13.1. The third-order valence-electron chi connectivity index (χ3n) is 4.25. The Bertz CT molecular complexity index is 480. The summed E-state index contributed by atoms with van der Waals surface area (Å²) in [6, 6.07) is 5.66. The SMILES string of the molecule is CCOc1ccc(C(=O)N(C)C2CCCCCC2)cc1N. The van der Waals surface area contributed by atoms with Gasteiger partial charge < -0.3 is 15.4 Å². The van der Waals surface area contributed by atoms with Crippen LogP contribution in [0.15, 0.2) is 18.2 Å². The van der Waals surface area contributed by atoms with E-state index in [0.717, 1.165) is 12.8 Å². The lowest BCUT2D eigenvalue weighted by atomic mass is 10.1. The highest BCUT2D eigenvalue weighted by Crippen LogP contribution is 2.25. The number of anilines is 1. The molecule has 21 heavy (non-hydrogen) atoms. The maximum absolute atomic E-state index is 12.6. The van der Waals surface area contributed by atoms with Crippen LogP contribution < -0.4 is 10.5 Å². The smallest absolute Gasteiger partial charge is 0.253 e. The van der Waals surface area contributed by atoms with Crippen LogP contribution in [-0.4, -0.2) is 30.5 Å². The molecule has 0 unspecified atom stereocenters. The molecule has 116 valence electrons. The van der Waals surface area contributed by atoms with Gasteiger partial charge in [0.25, 0.3) is 5.91 Å². The van der Waals surface area contributed by atoms with E-state index in [2.05, 4.69) is 0 Å². The van der Waals surface area contributed by atoms with E-state index in [0.29, 0.717) is 29.6 Å². The van der Waals surface area contributed by atoms with Crippen molar-refractivity contribution in [2.75, 3.05) is 19.4 Å². The van der Waals surface area contributed by atoms with E-state index in [9.17, 15) is 4.79 Å². The molecule has 0 bridgehead atoms. The van der Waals surface area contributed by atoms with E-state index in [1.54, 1.807) is 18.2 Å². The van der Waals surface area contributed by atoms with Crippen molar-refractivity contribution in [3.05, 3.63) is 23.8 Å². The van der Waals surface area contributed by atoms with Gasteiger partial charge in [0, 0.05) is 18.7 Å². The average molecular weight is 290 g/mol. The first kappa shape index (κ1) is 15.7. The standard InChI is InChI=1S/C17H26N2O2/c1-3-21-16-11-10-13(12-15(16)18)17(20)19(2)14-8-6-4-5-7-9-14/h10-12,14H,3-9,18H2,1-2H3. The molecule has 0 aliphatic heterocycles. The normalized spacial score (nSPS) is 16.3. The van der Waals surface area contributed by atoms with Gasteiger partial charge in [0.05, 0.1) is 12.3 Å². The third kappa shape index (κ3) is 3.90. The topological polar surface area (TPSA) is 55.6 Å². The number of nitrogen functional groups attached to an aromatic ring is 1. The summed E-state index contributed by atoms with van der Waals surface area (Å²) in [5.74, 6) is 0.697. The largest absolute Gasteiger partial charge is 0.492 e. The van der Waals surface area contributed by atoms with Gasteiger partial charge in [-0.25, -0.2) is 0 Å². The lowest BCUT2D eigenvalue weighted by Crippen LogP contribution is -2.36. The second-order valence-electron chi connectivity index (χ2n) is 5.75. The van der Waals surface area contributed by atoms with E-state index in [-0.39, 0.29) is 5.91 Å². The van der Waals surface area contributed by atoms with Gasteiger partial charge >= 0.3 is 0 Å². The Balaban J connectivity index is 2.09. The fourth-order valence-electron chi connectivity index (χ4n) is 2.98. The second kappa shape index (κ2) is 7.34. The van der Waals surface area contributed by atoms with Crippen LogP contribution in [-0.2, 0) is 0 Å². The van der Waals surface area contributed by atoms with Crippen molar-refractivity contribution in [3.63, 3.8) is 0 Å². The van der Waals surface area contributed by atoms with Crippen LogP contribution in [0.3, 0.4) is 0 Å². The first-order chi connectivity index (χ1) is 10.1. The number of hydrogen-bond acceptors (Lipinski definition) is 3. The molecule has 0 aromatic heterocycles. The molecule has 1 saturated carbocycles. The van der Waals surface area contributed by atoms with Gasteiger partial charge in [-0.2, -0.15) is 0 Å². The first-order valence-corrected chi connectivity index (χ1v) is 7.93. The molecule has 0 spiro atoms. The van der Waals surface area contributed by atoms with Gasteiger partial charge in [0.15, 0.2) is 0 Å². The van der Waals surface area contributed by atoms with Gasteiger partial charge in [0.1, 0.15) is 5.75 Å². The van der Waals surface area contributed by atoms with Gasteiger partial charge in [-0.05, 0) is 38.0 Å². The Morgan fingerprint density at radius 3 is 2.52 bits per heavy atom. The molecule has 4 nitrogen and oxygen atoms in total. The lowest BCUT2D eigenvalue weighted by molar-refractivity contribution is 0.0717.